The van der Waals surface area contributed by atoms with Crippen LogP contribution >= 0.6 is 0 Å². The largest absolute Gasteiger partial charge is 0.358 e. The summed E-state index contributed by atoms with van der Waals surface area (Å²) in [6.07, 6.45) is 1.07. The number of carbonyl (C=O) groups excluding carboxylic acids is 2. The van der Waals surface area contributed by atoms with E-state index in [4.69, 9.17) is 0 Å². The monoisotopic (exact) mass is 333 g/mol. The lowest BCUT2D eigenvalue weighted by Crippen LogP contribution is -2.41. The molecular formula is C19H31N3O2. The zero-order chi connectivity index (χ0) is 18.1. The van der Waals surface area contributed by atoms with E-state index in [-0.39, 0.29) is 30.9 Å². The van der Waals surface area contributed by atoms with Gasteiger partial charge in [-0.3, -0.25) is 9.59 Å². The van der Waals surface area contributed by atoms with Crippen molar-refractivity contribution in [2.75, 3.05) is 20.1 Å². The summed E-state index contributed by atoms with van der Waals surface area (Å²) < 4.78 is 0. The lowest BCUT2D eigenvalue weighted by Gasteiger charge is -2.23. The maximum Gasteiger partial charge on any atom is 0.239 e. The summed E-state index contributed by atoms with van der Waals surface area (Å²) in [5.74, 6) is 0.608. The zero-order valence-corrected chi connectivity index (χ0v) is 15.5. The molecule has 3 N–H and O–H groups in total. The van der Waals surface area contributed by atoms with Gasteiger partial charge in [0.05, 0.1) is 13.1 Å². The van der Waals surface area contributed by atoms with Crippen LogP contribution in [0.25, 0.3) is 0 Å². The molecule has 0 radical (unpaired) electrons. The van der Waals surface area contributed by atoms with Crippen molar-refractivity contribution >= 4 is 11.8 Å². The molecule has 0 spiro atoms. The van der Waals surface area contributed by atoms with Crippen LogP contribution in [0.2, 0.25) is 0 Å². The Hall–Kier alpha value is -1.88. The molecule has 1 rings (SSSR count). The van der Waals surface area contributed by atoms with Gasteiger partial charge in [0, 0.05) is 13.1 Å². The molecule has 5 heteroatoms. The average Bonchev–Trinajstić information content (AvgIpc) is 2.53. The smallest absolute Gasteiger partial charge is 0.239 e. The molecule has 0 saturated carbocycles. The van der Waals surface area contributed by atoms with Crippen LogP contribution in [0.4, 0.5) is 0 Å². The van der Waals surface area contributed by atoms with E-state index >= 15 is 0 Å². The molecule has 2 amide bonds. The summed E-state index contributed by atoms with van der Waals surface area (Å²) >= 11 is 0. The Morgan fingerprint density at radius 3 is 2.08 bits per heavy atom. The standard InChI is InChI=1S/C19H31N3O2/c1-13(2)10-15-6-8-16(9-7-15)19(14(3)4)22-12-18(24)21-11-17(23)20-5/h6-9,13-14,19,22H,10-12H2,1-5H3,(H,20,23)(H,21,24)/t19-/m0/s1. The molecular weight excluding hydrogens is 302 g/mol. The van der Waals surface area contributed by atoms with Crippen molar-refractivity contribution in [2.45, 2.75) is 40.2 Å². The van der Waals surface area contributed by atoms with Crippen molar-refractivity contribution < 1.29 is 9.59 Å². The molecule has 0 fully saturated rings. The number of carbonyl (C=O) groups is 2. The molecule has 0 aliphatic heterocycles. The molecule has 0 aliphatic rings. The fourth-order valence-electron chi connectivity index (χ4n) is 2.60. The van der Waals surface area contributed by atoms with Gasteiger partial charge in [-0.1, -0.05) is 52.0 Å². The lowest BCUT2D eigenvalue weighted by atomic mass is 9.94. The van der Waals surface area contributed by atoms with E-state index in [1.807, 2.05) is 0 Å². The minimum absolute atomic E-state index is 0.00720. The van der Waals surface area contributed by atoms with Crippen LogP contribution in [-0.4, -0.2) is 32.0 Å². The number of benzene rings is 1. The van der Waals surface area contributed by atoms with Gasteiger partial charge in [-0.05, 0) is 29.4 Å². The molecule has 0 aliphatic carbocycles. The van der Waals surface area contributed by atoms with E-state index in [2.05, 4.69) is 67.9 Å². The number of hydrogen-bond acceptors (Lipinski definition) is 3. The highest BCUT2D eigenvalue weighted by Gasteiger charge is 2.16. The molecule has 0 bridgehead atoms. The first-order chi connectivity index (χ1) is 11.3. The third-order valence-electron chi connectivity index (χ3n) is 3.86. The topological polar surface area (TPSA) is 70.2 Å². The van der Waals surface area contributed by atoms with Crippen molar-refractivity contribution in [3.63, 3.8) is 0 Å². The number of hydrogen-bond donors (Lipinski definition) is 3. The van der Waals surface area contributed by atoms with Crippen LogP contribution in [0.3, 0.4) is 0 Å². The number of amides is 2. The molecule has 24 heavy (non-hydrogen) atoms. The van der Waals surface area contributed by atoms with Crippen LogP contribution in [0.1, 0.15) is 44.9 Å². The van der Waals surface area contributed by atoms with E-state index < -0.39 is 0 Å². The van der Waals surface area contributed by atoms with Crippen molar-refractivity contribution in [1.82, 2.24) is 16.0 Å². The zero-order valence-electron chi connectivity index (χ0n) is 15.5. The highest BCUT2D eigenvalue weighted by Crippen LogP contribution is 2.22. The lowest BCUT2D eigenvalue weighted by molar-refractivity contribution is -0.125. The first-order valence-electron chi connectivity index (χ1n) is 8.63. The minimum Gasteiger partial charge on any atom is -0.358 e. The maximum atomic E-state index is 11.8. The summed E-state index contributed by atoms with van der Waals surface area (Å²) in [6, 6.07) is 8.70. The highest BCUT2D eigenvalue weighted by molar-refractivity contribution is 5.85. The first-order valence-corrected chi connectivity index (χ1v) is 8.63. The van der Waals surface area contributed by atoms with Gasteiger partial charge < -0.3 is 16.0 Å². The summed E-state index contributed by atoms with van der Waals surface area (Å²) in [5, 5.41) is 8.36. The summed E-state index contributed by atoms with van der Waals surface area (Å²) in [6.45, 7) is 8.87. The second-order valence-corrected chi connectivity index (χ2v) is 6.89. The third kappa shape index (κ3) is 7.13. The summed E-state index contributed by atoms with van der Waals surface area (Å²) in [5.41, 5.74) is 2.51. The molecule has 1 aromatic carbocycles. The second-order valence-electron chi connectivity index (χ2n) is 6.89. The van der Waals surface area contributed by atoms with Crippen LogP contribution in [0.15, 0.2) is 24.3 Å². The van der Waals surface area contributed by atoms with E-state index in [0.29, 0.717) is 11.8 Å². The van der Waals surface area contributed by atoms with Gasteiger partial charge in [0.15, 0.2) is 0 Å². The number of nitrogens with one attached hydrogen (secondary N) is 3. The normalized spacial score (nSPS) is 12.3. The van der Waals surface area contributed by atoms with Gasteiger partial charge in [-0.15, -0.1) is 0 Å². The fraction of sp³-hybridized carbons (Fsp3) is 0.579. The Kier molecular flexibility index (Phi) is 8.47. The number of likely N-dealkylation sites (N-methyl/N-ethyl adjacent to an activating group) is 1. The predicted molar refractivity (Wildman–Crippen MR) is 97.6 cm³/mol. The molecule has 5 nitrogen and oxygen atoms in total. The molecule has 0 unspecified atom stereocenters. The van der Waals surface area contributed by atoms with Crippen molar-refractivity contribution in [3.8, 4) is 0 Å². The SMILES string of the molecule is CNC(=O)CNC(=O)CN[C@H](c1ccc(CC(C)C)cc1)C(C)C. The van der Waals surface area contributed by atoms with Crippen molar-refractivity contribution in [2.24, 2.45) is 11.8 Å². The van der Waals surface area contributed by atoms with Crippen LogP contribution in [0, 0.1) is 11.8 Å². The summed E-state index contributed by atoms with van der Waals surface area (Å²) in [4.78, 5) is 23.0. The Bertz CT molecular complexity index is 524. The van der Waals surface area contributed by atoms with Gasteiger partial charge in [-0.25, -0.2) is 0 Å². The Balaban J connectivity index is 2.60. The molecule has 0 saturated heterocycles. The fourth-order valence-corrected chi connectivity index (χ4v) is 2.60. The van der Waals surface area contributed by atoms with E-state index in [9.17, 15) is 9.59 Å². The molecule has 134 valence electrons. The van der Waals surface area contributed by atoms with Gasteiger partial charge in [0.25, 0.3) is 0 Å². The minimum atomic E-state index is -0.204. The Labute approximate surface area is 145 Å². The number of rotatable bonds is 9. The van der Waals surface area contributed by atoms with Gasteiger partial charge in [0.2, 0.25) is 11.8 Å². The first kappa shape index (κ1) is 20.2. The second kappa shape index (κ2) is 10.1. The molecule has 0 aromatic heterocycles. The van der Waals surface area contributed by atoms with Crippen molar-refractivity contribution in [3.05, 3.63) is 35.4 Å². The van der Waals surface area contributed by atoms with E-state index in [1.54, 1.807) is 7.05 Å². The van der Waals surface area contributed by atoms with E-state index in [0.717, 1.165) is 6.42 Å². The third-order valence-corrected chi connectivity index (χ3v) is 3.86. The summed E-state index contributed by atoms with van der Waals surface area (Å²) in [7, 11) is 1.55. The Morgan fingerprint density at radius 2 is 1.58 bits per heavy atom. The Morgan fingerprint density at radius 1 is 0.958 bits per heavy atom. The van der Waals surface area contributed by atoms with Gasteiger partial charge >= 0.3 is 0 Å². The molecule has 0 heterocycles. The molecule has 1 aromatic rings. The maximum absolute atomic E-state index is 11.8. The van der Waals surface area contributed by atoms with E-state index in [1.165, 1.54) is 11.1 Å². The van der Waals surface area contributed by atoms with Gasteiger partial charge in [-0.2, -0.15) is 0 Å². The highest BCUT2D eigenvalue weighted by atomic mass is 16.2. The predicted octanol–water partition coefficient (Wildman–Crippen LogP) is 2.03. The van der Waals surface area contributed by atoms with Crippen LogP contribution < -0.4 is 16.0 Å². The average molecular weight is 333 g/mol. The quantitative estimate of drug-likeness (QED) is 0.648. The van der Waals surface area contributed by atoms with Crippen molar-refractivity contribution in [1.29, 1.82) is 0 Å². The van der Waals surface area contributed by atoms with Crippen LogP contribution in [0.5, 0.6) is 0 Å². The molecule has 1 atom stereocenters. The van der Waals surface area contributed by atoms with Gasteiger partial charge in [0.1, 0.15) is 0 Å². The van der Waals surface area contributed by atoms with Crippen LogP contribution in [-0.2, 0) is 16.0 Å².